The molecular weight excluding hydrogens is 272 g/mol. The van der Waals surface area contributed by atoms with Gasteiger partial charge in [-0.2, -0.15) is 0 Å². The van der Waals surface area contributed by atoms with Gasteiger partial charge in [0.1, 0.15) is 0 Å². The fraction of sp³-hybridized carbons (Fsp3) is 0.600. The van der Waals surface area contributed by atoms with Gasteiger partial charge in [-0.3, -0.25) is 4.90 Å². The van der Waals surface area contributed by atoms with Crippen LogP contribution in [0.25, 0.3) is 0 Å². The van der Waals surface area contributed by atoms with E-state index >= 15 is 0 Å². The highest BCUT2D eigenvalue weighted by atomic mass is 32.2. The SMILES string of the molecule is CCNCC1CCN(Cc2ccc(S(C)(=O)=O)cc2)C1. The Kier molecular flexibility index (Phi) is 5.18. The summed E-state index contributed by atoms with van der Waals surface area (Å²) in [7, 11) is -3.09. The van der Waals surface area contributed by atoms with Crippen molar-refractivity contribution < 1.29 is 8.42 Å². The van der Waals surface area contributed by atoms with E-state index in [2.05, 4.69) is 17.1 Å². The molecule has 0 radical (unpaired) electrons. The molecule has 1 aromatic rings. The van der Waals surface area contributed by atoms with E-state index in [0.717, 1.165) is 38.6 Å². The second kappa shape index (κ2) is 6.70. The van der Waals surface area contributed by atoms with Gasteiger partial charge in [0, 0.05) is 19.3 Å². The smallest absolute Gasteiger partial charge is 0.175 e. The summed E-state index contributed by atoms with van der Waals surface area (Å²) in [6.45, 7) is 7.43. The molecule has 1 atom stereocenters. The lowest BCUT2D eigenvalue weighted by atomic mass is 10.1. The standard InChI is InChI=1S/C15H24N2O2S/c1-3-16-10-14-8-9-17(12-14)11-13-4-6-15(7-5-13)20(2,18)19/h4-7,14,16H,3,8-12H2,1-2H3. The summed E-state index contributed by atoms with van der Waals surface area (Å²) >= 11 is 0. The van der Waals surface area contributed by atoms with E-state index in [1.54, 1.807) is 12.1 Å². The fourth-order valence-corrected chi connectivity index (χ4v) is 3.30. The molecular formula is C15H24N2O2S. The average molecular weight is 296 g/mol. The van der Waals surface area contributed by atoms with Gasteiger partial charge in [0.15, 0.2) is 9.84 Å². The van der Waals surface area contributed by atoms with Gasteiger partial charge in [-0.05, 0) is 49.7 Å². The molecule has 1 saturated heterocycles. The first-order valence-electron chi connectivity index (χ1n) is 7.21. The van der Waals surface area contributed by atoms with Gasteiger partial charge in [-0.15, -0.1) is 0 Å². The van der Waals surface area contributed by atoms with Gasteiger partial charge in [0.2, 0.25) is 0 Å². The molecule has 0 spiro atoms. The van der Waals surface area contributed by atoms with Gasteiger partial charge in [-0.1, -0.05) is 19.1 Å². The van der Waals surface area contributed by atoms with Crippen molar-refractivity contribution in [1.29, 1.82) is 0 Å². The van der Waals surface area contributed by atoms with Crippen LogP contribution in [0.1, 0.15) is 18.9 Å². The van der Waals surface area contributed by atoms with Gasteiger partial charge >= 0.3 is 0 Å². The van der Waals surface area contributed by atoms with Crippen molar-refractivity contribution in [2.24, 2.45) is 5.92 Å². The molecule has 2 rings (SSSR count). The molecule has 112 valence electrons. The zero-order valence-corrected chi connectivity index (χ0v) is 13.1. The minimum atomic E-state index is -3.09. The van der Waals surface area contributed by atoms with E-state index in [0.29, 0.717) is 4.90 Å². The monoisotopic (exact) mass is 296 g/mol. The van der Waals surface area contributed by atoms with Crippen molar-refractivity contribution in [1.82, 2.24) is 10.2 Å². The minimum absolute atomic E-state index is 0.396. The summed E-state index contributed by atoms with van der Waals surface area (Å²) < 4.78 is 22.8. The Labute approximate surface area is 122 Å². The molecule has 1 N–H and O–H groups in total. The largest absolute Gasteiger partial charge is 0.317 e. The third-order valence-electron chi connectivity index (χ3n) is 3.81. The van der Waals surface area contributed by atoms with Gasteiger partial charge in [0.25, 0.3) is 0 Å². The molecule has 0 saturated carbocycles. The van der Waals surface area contributed by atoms with Crippen LogP contribution in [-0.4, -0.2) is 45.8 Å². The topological polar surface area (TPSA) is 49.4 Å². The third-order valence-corrected chi connectivity index (χ3v) is 4.94. The quantitative estimate of drug-likeness (QED) is 0.865. The van der Waals surface area contributed by atoms with E-state index in [-0.39, 0.29) is 0 Å². The lowest BCUT2D eigenvalue weighted by Crippen LogP contribution is -2.26. The zero-order chi connectivity index (χ0) is 14.6. The lowest BCUT2D eigenvalue weighted by molar-refractivity contribution is 0.314. The van der Waals surface area contributed by atoms with E-state index < -0.39 is 9.84 Å². The van der Waals surface area contributed by atoms with E-state index in [9.17, 15) is 8.42 Å². The van der Waals surface area contributed by atoms with Crippen molar-refractivity contribution >= 4 is 9.84 Å². The Bertz CT molecular complexity index is 525. The number of hydrogen-bond acceptors (Lipinski definition) is 4. The molecule has 0 aliphatic carbocycles. The third kappa shape index (κ3) is 4.30. The normalized spacial score (nSPS) is 20.4. The number of sulfone groups is 1. The highest BCUT2D eigenvalue weighted by molar-refractivity contribution is 7.90. The highest BCUT2D eigenvalue weighted by Crippen LogP contribution is 2.19. The summed E-state index contributed by atoms with van der Waals surface area (Å²) in [6.07, 6.45) is 2.49. The molecule has 5 heteroatoms. The summed E-state index contributed by atoms with van der Waals surface area (Å²) in [5.74, 6) is 0.741. The number of benzene rings is 1. The zero-order valence-electron chi connectivity index (χ0n) is 12.3. The second-order valence-corrected chi connectivity index (χ2v) is 7.63. The fourth-order valence-electron chi connectivity index (χ4n) is 2.67. The number of likely N-dealkylation sites (tertiary alicyclic amines) is 1. The van der Waals surface area contributed by atoms with Crippen LogP contribution >= 0.6 is 0 Å². The second-order valence-electron chi connectivity index (χ2n) is 5.61. The minimum Gasteiger partial charge on any atom is -0.317 e. The van der Waals surface area contributed by atoms with E-state index in [4.69, 9.17) is 0 Å². The van der Waals surface area contributed by atoms with Crippen LogP contribution in [-0.2, 0) is 16.4 Å². The molecule has 0 bridgehead atoms. The first-order valence-corrected chi connectivity index (χ1v) is 9.10. The molecule has 1 aliphatic rings. The maximum Gasteiger partial charge on any atom is 0.175 e. The summed E-state index contributed by atoms with van der Waals surface area (Å²) in [5, 5.41) is 3.41. The number of rotatable bonds is 6. The maximum absolute atomic E-state index is 11.4. The van der Waals surface area contributed by atoms with E-state index in [1.165, 1.54) is 18.2 Å². The Hall–Kier alpha value is -0.910. The number of hydrogen-bond donors (Lipinski definition) is 1. The van der Waals surface area contributed by atoms with Gasteiger partial charge in [0.05, 0.1) is 4.90 Å². The van der Waals surface area contributed by atoms with Crippen molar-refractivity contribution in [3.63, 3.8) is 0 Å². The summed E-state index contributed by atoms with van der Waals surface area (Å²) in [5.41, 5.74) is 1.18. The summed E-state index contributed by atoms with van der Waals surface area (Å²) in [4.78, 5) is 2.84. The maximum atomic E-state index is 11.4. The van der Waals surface area contributed by atoms with Crippen LogP contribution in [0, 0.1) is 5.92 Å². The van der Waals surface area contributed by atoms with Gasteiger partial charge in [-0.25, -0.2) is 8.42 Å². The Morgan fingerprint density at radius 2 is 2.00 bits per heavy atom. The van der Waals surface area contributed by atoms with Crippen LogP contribution in [0.3, 0.4) is 0 Å². The first-order chi connectivity index (χ1) is 9.49. The van der Waals surface area contributed by atoms with Crippen LogP contribution in [0.4, 0.5) is 0 Å². The molecule has 1 unspecified atom stereocenters. The Morgan fingerprint density at radius 3 is 2.60 bits per heavy atom. The highest BCUT2D eigenvalue weighted by Gasteiger charge is 2.21. The van der Waals surface area contributed by atoms with E-state index in [1.807, 2.05) is 12.1 Å². The molecule has 20 heavy (non-hydrogen) atoms. The van der Waals surface area contributed by atoms with Gasteiger partial charge < -0.3 is 5.32 Å². The molecule has 1 fully saturated rings. The first kappa shape index (κ1) is 15.5. The Balaban J connectivity index is 1.88. The van der Waals surface area contributed by atoms with Crippen LogP contribution in [0.2, 0.25) is 0 Å². The Morgan fingerprint density at radius 1 is 1.30 bits per heavy atom. The van der Waals surface area contributed by atoms with Crippen LogP contribution in [0.5, 0.6) is 0 Å². The van der Waals surface area contributed by atoms with Crippen molar-refractivity contribution in [2.45, 2.75) is 24.8 Å². The molecule has 1 aromatic carbocycles. The molecule has 0 aromatic heterocycles. The average Bonchev–Trinajstić information content (AvgIpc) is 2.83. The molecule has 1 aliphatic heterocycles. The molecule has 0 amide bonds. The molecule has 1 heterocycles. The van der Waals surface area contributed by atoms with Crippen molar-refractivity contribution in [2.75, 3.05) is 32.4 Å². The van der Waals surface area contributed by atoms with Crippen LogP contribution < -0.4 is 5.32 Å². The molecule has 4 nitrogen and oxygen atoms in total. The predicted octanol–water partition coefficient (Wildman–Crippen LogP) is 1.52. The number of nitrogens with zero attached hydrogens (tertiary/aromatic N) is 1. The predicted molar refractivity (Wildman–Crippen MR) is 81.5 cm³/mol. The van der Waals surface area contributed by atoms with Crippen LogP contribution in [0.15, 0.2) is 29.2 Å². The van der Waals surface area contributed by atoms with Crippen molar-refractivity contribution in [3.8, 4) is 0 Å². The number of nitrogens with one attached hydrogen (secondary N) is 1. The van der Waals surface area contributed by atoms with Crippen molar-refractivity contribution in [3.05, 3.63) is 29.8 Å². The lowest BCUT2D eigenvalue weighted by Gasteiger charge is -2.16. The summed E-state index contributed by atoms with van der Waals surface area (Å²) in [6, 6.07) is 7.26.